The second kappa shape index (κ2) is 15.1. The Kier molecular flexibility index (Phi) is 10.3. The van der Waals surface area contributed by atoms with Crippen LogP contribution >= 0.6 is 23.2 Å². The predicted octanol–water partition coefficient (Wildman–Crippen LogP) is 10.8. The molecule has 0 saturated carbocycles. The fourth-order valence-electron chi connectivity index (χ4n) is 7.39. The number of likely N-dealkylation sites (tertiary alicyclic amines) is 1. The fraction of sp³-hybridized carbons (Fsp3) is 0.250. The molecule has 0 atom stereocenters. The molecule has 6 aromatic rings. The van der Waals surface area contributed by atoms with Crippen LogP contribution < -0.4 is 5.32 Å². The molecule has 1 saturated heterocycles. The van der Waals surface area contributed by atoms with Gasteiger partial charge in [-0.15, -0.1) is 0 Å². The molecule has 0 bridgehead atoms. The Balaban J connectivity index is 1.33. The van der Waals surface area contributed by atoms with Gasteiger partial charge in [0.2, 0.25) is 5.91 Å². The summed E-state index contributed by atoms with van der Waals surface area (Å²) in [5, 5.41) is 10.3. The Morgan fingerprint density at radius 3 is 1.79 bits per heavy atom. The number of nitrogens with one attached hydrogen (secondary N) is 1. The molecule has 270 valence electrons. The number of aromatic nitrogens is 2. The zero-order chi connectivity index (χ0) is 37.2. The van der Waals surface area contributed by atoms with Crippen LogP contribution in [0.1, 0.15) is 56.7 Å². The normalized spacial score (nSPS) is 13.9. The monoisotopic (exact) mass is 744 g/mol. The van der Waals surface area contributed by atoms with Gasteiger partial charge >= 0.3 is 6.09 Å². The molecule has 1 aliphatic heterocycles. The maximum atomic E-state index is 14.0. The highest BCUT2D eigenvalue weighted by Gasteiger charge is 2.41. The Morgan fingerprint density at radius 1 is 0.755 bits per heavy atom. The van der Waals surface area contributed by atoms with Gasteiger partial charge in [0.1, 0.15) is 11.1 Å². The van der Waals surface area contributed by atoms with Crippen LogP contribution in [0.25, 0.3) is 22.0 Å². The van der Waals surface area contributed by atoms with Crippen molar-refractivity contribution in [2.75, 3.05) is 18.4 Å². The van der Waals surface area contributed by atoms with Gasteiger partial charge in [-0.2, -0.15) is 5.10 Å². The van der Waals surface area contributed by atoms with Crippen molar-refractivity contribution in [2.24, 2.45) is 5.92 Å². The highest BCUT2D eigenvalue weighted by Crippen LogP contribution is 2.45. The number of carbonyl (C=O) groups is 2. The highest BCUT2D eigenvalue weighted by molar-refractivity contribution is 6.39. The zero-order valence-electron chi connectivity index (χ0n) is 30.1. The first-order valence-corrected chi connectivity index (χ1v) is 18.7. The van der Waals surface area contributed by atoms with Crippen molar-refractivity contribution in [3.63, 3.8) is 0 Å². The molecule has 7 nitrogen and oxygen atoms in total. The maximum absolute atomic E-state index is 14.0. The molecule has 1 fully saturated rings. The van der Waals surface area contributed by atoms with Crippen molar-refractivity contribution < 1.29 is 14.3 Å². The summed E-state index contributed by atoms with van der Waals surface area (Å²) in [7, 11) is 0. The lowest BCUT2D eigenvalue weighted by atomic mass is 9.77. The largest absolute Gasteiger partial charge is 0.444 e. The van der Waals surface area contributed by atoms with E-state index in [4.69, 9.17) is 33.0 Å². The van der Waals surface area contributed by atoms with E-state index in [2.05, 4.69) is 41.7 Å². The number of carbonyl (C=O) groups excluding carboxylic acids is 2. The molecule has 0 unspecified atom stereocenters. The number of hydrogen-bond acceptors (Lipinski definition) is 4. The van der Waals surface area contributed by atoms with Crippen LogP contribution in [0.2, 0.25) is 10.0 Å². The van der Waals surface area contributed by atoms with E-state index >= 15 is 0 Å². The minimum absolute atomic E-state index is 0.108. The summed E-state index contributed by atoms with van der Waals surface area (Å²) < 4.78 is 7.61. The van der Waals surface area contributed by atoms with Gasteiger partial charge in [-0.25, -0.2) is 9.48 Å². The molecule has 1 aromatic heterocycles. The van der Waals surface area contributed by atoms with Crippen LogP contribution in [0.5, 0.6) is 0 Å². The van der Waals surface area contributed by atoms with Gasteiger partial charge in [0, 0.05) is 40.5 Å². The number of nitrogens with zero attached hydrogens (tertiary/aromatic N) is 3. The zero-order valence-corrected chi connectivity index (χ0v) is 31.6. The standard InChI is InChI=1S/C44H42Cl2N4O3/c1-43(2,3)53-42(52)49-26-24-30(25-27-49)28-39(51)47-41-35-29-31(40-36(45)20-13-21-37(40)46)22-23-38(35)50(48-41)44(32-14-7-4-8-15-32,33-16-9-5-10-17-33)34-18-11-6-12-19-34/h4-23,29-30H,24-28H2,1-3H3,(H,47,48,51). The number of ether oxygens (including phenoxy) is 1. The average Bonchev–Trinajstić information content (AvgIpc) is 3.50. The Labute approximate surface area is 320 Å². The van der Waals surface area contributed by atoms with Crippen LogP contribution in [0.15, 0.2) is 127 Å². The number of anilines is 1. The van der Waals surface area contributed by atoms with Crippen molar-refractivity contribution in [1.29, 1.82) is 0 Å². The van der Waals surface area contributed by atoms with E-state index in [1.807, 2.05) is 116 Å². The van der Waals surface area contributed by atoms with E-state index < -0.39 is 11.1 Å². The van der Waals surface area contributed by atoms with Crippen LogP contribution in [-0.4, -0.2) is 45.4 Å². The van der Waals surface area contributed by atoms with E-state index in [-0.39, 0.29) is 17.9 Å². The van der Waals surface area contributed by atoms with E-state index in [1.54, 1.807) is 4.90 Å². The molecule has 0 aliphatic carbocycles. The Bertz CT molecular complexity index is 2110. The van der Waals surface area contributed by atoms with Gasteiger partial charge in [0.05, 0.1) is 5.52 Å². The third-order valence-electron chi connectivity index (χ3n) is 9.82. The molecule has 5 aromatic carbocycles. The number of fused-ring (bicyclic) bond motifs is 1. The number of piperidine rings is 1. The Morgan fingerprint density at radius 2 is 1.28 bits per heavy atom. The molecule has 1 N–H and O–H groups in total. The van der Waals surface area contributed by atoms with Crippen LogP contribution in [0, 0.1) is 5.92 Å². The first-order chi connectivity index (χ1) is 25.5. The summed E-state index contributed by atoms with van der Waals surface area (Å²) >= 11 is 13.4. The molecular weight excluding hydrogens is 703 g/mol. The molecular formula is C44H42Cl2N4O3. The van der Waals surface area contributed by atoms with Crippen molar-refractivity contribution in [3.8, 4) is 11.1 Å². The molecule has 9 heteroatoms. The van der Waals surface area contributed by atoms with Gasteiger partial charge in [-0.05, 0) is 86.1 Å². The molecule has 0 spiro atoms. The third kappa shape index (κ3) is 7.41. The summed E-state index contributed by atoms with van der Waals surface area (Å²) in [5.41, 5.74) is 3.88. The summed E-state index contributed by atoms with van der Waals surface area (Å²) in [6.07, 6.45) is 1.39. The summed E-state index contributed by atoms with van der Waals surface area (Å²) in [6, 6.07) is 42.5. The summed E-state index contributed by atoms with van der Waals surface area (Å²) in [6.45, 7) is 6.67. The lowest BCUT2D eigenvalue weighted by Crippen LogP contribution is -2.42. The predicted molar refractivity (Wildman–Crippen MR) is 214 cm³/mol. The van der Waals surface area contributed by atoms with E-state index in [9.17, 15) is 9.59 Å². The topological polar surface area (TPSA) is 76.5 Å². The fourth-order valence-corrected chi connectivity index (χ4v) is 8.01. The first-order valence-electron chi connectivity index (χ1n) is 18.0. The van der Waals surface area contributed by atoms with Crippen LogP contribution in [0.3, 0.4) is 0 Å². The lowest BCUT2D eigenvalue weighted by Gasteiger charge is -2.37. The van der Waals surface area contributed by atoms with Crippen molar-refractivity contribution >= 4 is 51.9 Å². The van der Waals surface area contributed by atoms with Gasteiger partial charge in [0.25, 0.3) is 0 Å². The second-order valence-electron chi connectivity index (χ2n) is 14.6. The van der Waals surface area contributed by atoms with Gasteiger partial charge in [0.15, 0.2) is 5.82 Å². The average molecular weight is 746 g/mol. The van der Waals surface area contributed by atoms with Crippen LogP contribution in [-0.2, 0) is 15.1 Å². The highest BCUT2D eigenvalue weighted by atomic mass is 35.5. The molecule has 0 radical (unpaired) electrons. The molecule has 2 heterocycles. The SMILES string of the molecule is CC(C)(C)OC(=O)N1CCC(CC(=O)Nc2nn(C(c3ccccc3)(c3ccccc3)c3ccccc3)c3ccc(-c4c(Cl)cccc4Cl)cc23)CC1. The van der Waals surface area contributed by atoms with Crippen molar-refractivity contribution in [1.82, 2.24) is 14.7 Å². The minimum atomic E-state index is -0.914. The molecule has 7 rings (SSSR count). The smallest absolute Gasteiger partial charge is 0.410 e. The van der Waals surface area contributed by atoms with Crippen molar-refractivity contribution in [3.05, 3.63) is 154 Å². The lowest BCUT2D eigenvalue weighted by molar-refractivity contribution is -0.117. The molecule has 2 amide bonds. The van der Waals surface area contributed by atoms with E-state index in [0.29, 0.717) is 53.8 Å². The summed E-state index contributed by atoms with van der Waals surface area (Å²) in [5.74, 6) is 0.406. The van der Waals surface area contributed by atoms with Gasteiger partial charge < -0.3 is 15.0 Å². The number of halogens is 2. The van der Waals surface area contributed by atoms with E-state index in [1.165, 1.54) is 0 Å². The summed E-state index contributed by atoms with van der Waals surface area (Å²) in [4.78, 5) is 28.3. The number of hydrogen-bond donors (Lipinski definition) is 1. The van der Waals surface area contributed by atoms with Gasteiger partial charge in [-0.1, -0.05) is 126 Å². The Hall–Kier alpha value is -5.11. The number of benzene rings is 5. The van der Waals surface area contributed by atoms with Crippen LogP contribution in [0.4, 0.5) is 10.6 Å². The van der Waals surface area contributed by atoms with E-state index in [0.717, 1.165) is 33.2 Å². The molecule has 1 aliphatic rings. The minimum Gasteiger partial charge on any atom is -0.444 e. The van der Waals surface area contributed by atoms with Gasteiger partial charge in [-0.3, -0.25) is 4.79 Å². The van der Waals surface area contributed by atoms with Crippen molar-refractivity contribution in [2.45, 2.75) is 51.2 Å². The first kappa shape index (κ1) is 36.3. The quantitative estimate of drug-likeness (QED) is 0.157. The number of amides is 2. The second-order valence-corrected chi connectivity index (χ2v) is 15.4. The third-order valence-corrected chi connectivity index (χ3v) is 10.5. The maximum Gasteiger partial charge on any atom is 0.410 e. The molecule has 53 heavy (non-hydrogen) atoms. The number of rotatable bonds is 8.